The molecule has 1 aromatic heterocycles. The summed E-state index contributed by atoms with van der Waals surface area (Å²) in [7, 11) is -4.64. The summed E-state index contributed by atoms with van der Waals surface area (Å²) in [6.07, 6.45) is -3.72. The van der Waals surface area contributed by atoms with E-state index < -0.39 is 32.6 Å². The number of ether oxygens (including phenoxy) is 1. The van der Waals surface area contributed by atoms with Gasteiger partial charge in [-0.1, -0.05) is 29.8 Å². The summed E-state index contributed by atoms with van der Waals surface area (Å²) in [5.74, 6) is -0.00498. The summed E-state index contributed by atoms with van der Waals surface area (Å²) in [6.45, 7) is 0. The molecule has 0 fully saturated rings. The number of benzene rings is 2. The molecule has 0 aliphatic heterocycles. The lowest BCUT2D eigenvalue weighted by molar-refractivity contribution is -0.139. The van der Waals surface area contributed by atoms with E-state index in [4.69, 9.17) is 16.3 Å². The Kier molecular flexibility index (Phi) is 5.43. The van der Waals surface area contributed by atoms with Crippen LogP contribution in [0.15, 0.2) is 65.7 Å². The average molecular weight is 430 g/mol. The van der Waals surface area contributed by atoms with Crippen molar-refractivity contribution in [1.82, 2.24) is 9.97 Å². The topological polar surface area (TPSA) is 81.2 Å². The molecule has 1 N–H and O–H groups in total. The van der Waals surface area contributed by atoms with Crippen LogP contribution in [0, 0.1) is 0 Å². The number of sulfonamides is 1. The second-order valence-electron chi connectivity index (χ2n) is 5.38. The molecule has 0 saturated carbocycles. The predicted octanol–water partition coefficient (Wildman–Crippen LogP) is 4.74. The van der Waals surface area contributed by atoms with Gasteiger partial charge in [-0.15, -0.1) is 0 Å². The van der Waals surface area contributed by atoms with Crippen molar-refractivity contribution in [2.45, 2.75) is 11.1 Å². The van der Waals surface area contributed by atoms with Crippen LogP contribution >= 0.6 is 11.6 Å². The highest BCUT2D eigenvalue weighted by Crippen LogP contribution is 2.36. The zero-order valence-electron chi connectivity index (χ0n) is 13.8. The third-order valence-electron chi connectivity index (χ3n) is 3.36. The van der Waals surface area contributed by atoms with Gasteiger partial charge in [0.05, 0.1) is 10.5 Å². The Bertz CT molecular complexity index is 1090. The molecule has 0 spiro atoms. The smallest absolute Gasteiger partial charge is 0.417 e. The van der Waals surface area contributed by atoms with Crippen molar-refractivity contribution in [3.63, 3.8) is 0 Å². The van der Waals surface area contributed by atoms with Crippen LogP contribution in [0.4, 0.5) is 19.1 Å². The van der Waals surface area contributed by atoms with Crippen LogP contribution in [0.5, 0.6) is 11.6 Å². The molecule has 146 valence electrons. The van der Waals surface area contributed by atoms with Crippen molar-refractivity contribution in [2.75, 3.05) is 4.72 Å². The standard InChI is InChI=1S/C17H11ClF3N3O3S/c18-11-6-7-14(13(10-11)17(19,20)21)28(25,26)24-16-22-9-8-15(23-16)27-12-4-2-1-3-5-12/h1-10H,(H,22,23,24). The molecule has 28 heavy (non-hydrogen) atoms. The number of nitrogens with zero attached hydrogens (tertiary/aromatic N) is 2. The summed E-state index contributed by atoms with van der Waals surface area (Å²) >= 11 is 5.57. The second-order valence-corrected chi connectivity index (χ2v) is 7.46. The fourth-order valence-electron chi connectivity index (χ4n) is 2.19. The summed E-state index contributed by atoms with van der Waals surface area (Å²) in [5.41, 5.74) is -1.40. The minimum Gasteiger partial charge on any atom is -0.439 e. The van der Waals surface area contributed by atoms with Gasteiger partial charge < -0.3 is 4.74 Å². The highest BCUT2D eigenvalue weighted by Gasteiger charge is 2.37. The fourth-order valence-corrected chi connectivity index (χ4v) is 3.52. The predicted molar refractivity (Wildman–Crippen MR) is 95.8 cm³/mol. The van der Waals surface area contributed by atoms with Gasteiger partial charge in [0.2, 0.25) is 11.8 Å². The molecule has 0 amide bonds. The minimum atomic E-state index is -4.92. The van der Waals surface area contributed by atoms with Gasteiger partial charge >= 0.3 is 6.18 Å². The molecule has 0 unspecified atom stereocenters. The maximum atomic E-state index is 13.2. The lowest BCUT2D eigenvalue weighted by Crippen LogP contribution is -2.20. The summed E-state index contributed by atoms with van der Waals surface area (Å²) in [5, 5.41) is -0.249. The molecular formula is C17H11ClF3N3O3S. The van der Waals surface area contributed by atoms with E-state index in [0.717, 1.165) is 12.1 Å². The van der Waals surface area contributed by atoms with E-state index in [0.29, 0.717) is 11.8 Å². The van der Waals surface area contributed by atoms with Gasteiger partial charge in [0, 0.05) is 17.3 Å². The van der Waals surface area contributed by atoms with Crippen molar-refractivity contribution in [3.05, 3.63) is 71.4 Å². The van der Waals surface area contributed by atoms with Crippen LogP contribution in [-0.2, 0) is 16.2 Å². The van der Waals surface area contributed by atoms with Gasteiger partial charge in [0.1, 0.15) is 5.75 Å². The Morgan fingerprint density at radius 3 is 2.43 bits per heavy atom. The number of hydrogen-bond acceptors (Lipinski definition) is 5. The number of hydrogen-bond donors (Lipinski definition) is 1. The van der Waals surface area contributed by atoms with Crippen LogP contribution < -0.4 is 9.46 Å². The first-order valence-electron chi connectivity index (χ1n) is 7.61. The quantitative estimate of drug-likeness (QED) is 0.633. The number of para-hydroxylation sites is 1. The van der Waals surface area contributed by atoms with Crippen molar-refractivity contribution in [2.24, 2.45) is 0 Å². The molecule has 6 nitrogen and oxygen atoms in total. The molecule has 0 aliphatic rings. The molecule has 0 radical (unpaired) electrons. The van der Waals surface area contributed by atoms with Crippen LogP contribution in [0.3, 0.4) is 0 Å². The van der Waals surface area contributed by atoms with E-state index >= 15 is 0 Å². The Morgan fingerprint density at radius 1 is 1.04 bits per heavy atom. The average Bonchev–Trinajstić information content (AvgIpc) is 2.61. The van der Waals surface area contributed by atoms with E-state index in [9.17, 15) is 21.6 Å². The van der Waals surface area contributed by atoms with Crippen LogP contribution in [-0.4, -0.2) is 18.4 Å². The normalized spacial score (nSPS) is 11.9. The molecular weight excluding hydrogens is 419 g/mol. The van der Waals surface area contributed by atoms with Gasteiger partial charge in [-0.3, -0.25) is 0 Å². The third kappa shape index (κ3) is 4.70. The van der Waals surface area contributed by atoms with Crippen LogP contribution in [0.2, 0.25) is 5.02 Å². The lowest BCUT2D eigenvalue weighted by Gasteiger charge is -2.14. The first-order chi connectivity index (χ1) is 13.1. The molecule has 1 heterocycles. The summed E-state index contributed by atoms with van der Waals surface area (Å²) in [4.78, 5) is 6.57. The SMILES string of the molecule is O=S(=O)(Nc1nccc(Oc2ccccc2)n1)c1ccc(Cl)cc1C(F)(F)F. The van der Waals surface area contributed by atoms with Crippen LogP contribution in [0.1, 0.15) is 5.56 Å². The van der Waals surface area contributed by atoms with Crippen molar-refractivity contribution < 1.29 is 26.3 Å². The maximum Gasteiger partial charge on any atom is 0.417 e. The Morgan fingerprint density at radius 2 is 1.75 bits per heavy atom. The monoisotopic (exact) mass is 429 g/mol. The number of halogens is 4. The minimum absolute atomic E-state index is 0.00560. The Balaban J connectivity index is 1.91. The van der Waals surface area contributed by atoms with Crippen molar-refractivity contribution >= 4 is 27.6 Å². The largest absolute Gasteiger partial charge is 0.439 e. The maximum absolute atomic E-state index is 13.2. The zero-order valence-corrected chi connectivity index (χ0v) is 15.4. The van der Waals surface area contributed by atoms with Gasteiger partial charge in [0.25, 0.3) is 10.0 Å². The summed E-state index contributed by atoms with van der Waals surface area (Å²) < 4.78 is 71.9. The molecule has 0 aliphatic carbocycles. The highest BCUT2D eigenvalue weighted by atomic mass is 35.5. The number of rotatable bonds is 5. The summed E-state index contributed by atoms with van der Waals surface area (Å²) in [6, 6.07) is 12.2. The van der Waals surface area contributed by atoms with Gasteiger partial charge in [0.15, 0.2) is 0 Å². The number of nitrogens with one attached hydrogen (secondary N) is 1. The van der Waals surface area contributed by atoms with Crippen molar-refractivity contribution in [1.29, 1.82) is 0 Å². The molecule has 3 aromatic rings. The van der Waals surface area contributed by atoms with Crippen molar-refractivity contribution in [3.8, 4) is 11.6 Å². The molecule has 0 bridgehead atoms. The first-order valence-corrected chi connectivity index (χ1v) is 9.47. The molecule has 3 rings (SSSR count). The van der Waals surface area contributed by atoms with E-state index in [1.165, 1.54) is 12.3 Å². The Hall–Kier alpha value is -2.85. The number of alkyl halides is 3. The molecule has 0 atom stereocenters. The third-order valence-corrected chi connectivity index (χ3v) is 4.98. The van der Waals surface area contributed by atoms with Gasteiger partial charge in [-0.25, -0.2) is 18.1 Å². The molecule has 11 heteroatoms. The highest BCUT2D eigenvalue weighted by molar-refractivity contribution is 7.92. The van der Waals surface area contributed by atoms with Gasteiger partial charge in [-0.05, 0) is 30.3 Å². The molecule has 2 aromatic carbocycles. The van der Waals surface area contributed by atoms with E-state index in [2.05, 4.69) is 9.97 Å². The van der Waals surface area contributed by atoms with E-state index in [-0.39, 0.29) is 10.9 Å². The fraction of sp³-hybridized carbons (Fsp3) is 0.0588. The van der Waals surface area contributed by atoms with E-state index in [1.807, 2.05) is 4.72 Å². The van der Waals surface area contributed by atoms with Crippen LogP contribution in [0.25, 0.3) is 0 Å². The molecule has 0 saturated heterocycles. The van der Waals surface area contributed by atoms with Gasteiger partial charge in [-0.2, -0.15) is 18.2 Å². The Labute approximate surface area is 163 Å². The lowest BCUT2D eigenvalue weighted by atomic mass is 10.2. The number of anilines is 1. The number of aromatic nitrogens is 2. The van der Waals surface area contributed by atoms with E-state index in [1.54, 1.807) is 30.3 Å². The first kappa shape index (κ1) is 19.9. The zero-order chi connectivity index (χ0) is 20.4. The second kappa shape index (κ2) is 7.64.